The molecule has 0 fully saturated rings. The summed E-state index contributed by atoms with van der Waals surface area (Å²) in [4.78, 5) is 16.8. The summed E-state index contributed by atoms with van der Waals surface area (Å²) in [5.41, 5.74) is 2.93. The van der Waals surface area contributed by atoms with Gasteiger partial charge in [-0.3, -0.25) is 4.79 Å². The van der Waals surface area contributed by atoms with E-state index in [1.165, 1.54) is 11.8 Å². The fourth-order valence-electron chi connectivity index (χ4n) is 2.34. The SMILES string of the molecule is C=C(C)CSc1nc2c(cc1C#N)C(=O)CC(C)(C)C2. The minimum atomic E-state index is -0.0540. The molecule has 1 aromatic heterocycles. The minimum absolute atomic E-state index is 0.0540. The highest BCUT2D eigenvalue weighted by molar-refractivity contribution is 7.99. The van der Waals surface area contributed by atoms with Crippen molar-refractivity contribution in [2.24, 2.45) is 5.41 Å². The highest BCUT2D eigenvalue weighted by Crippen LogP contribution is 2.36. The molecule has 0 bridgehead atoms. The Balaban J connectivity index is 2.44. The van der Waals surface area contributed by atoms with Crippen LogP contribution in [0.1, 0.15) is 48.8 Å². The monoisotopic (exact) mass is 286 g/mol. The van der Waals surface area contributed by atoms with Gasteiger partial charge in [0, 0.05) is 17.7 Å². The second kappa shape index (κ2) is 5.41. The Morgan fingerprint density at radius 2 is 2.25 bits per heavy atom. The third-order valence-electron chi connectivity index (χ3n) is 3.23. The molecule has 3 nitrogen and oxygen atoms in total. The van der Waals surface area contributed by atoms with E-state index in [2.05, 4.69) is 31.5 Å². The van der Waals surface area contributed by atoms with Gasteiger partial charge in [-0.2, -0.15) is 5.26 Å². The number of nitriles is 1. The maximum absolute atomic E-state index is 12.2. The van der Waals surface area contributed by atoms with Crippen LogP contribution in [0.4, 0.5) is 0 Å². The highest BCUT2D eigenvalue weighted by Gasteiger charge is 2.32. The lowest BCUT2D eigenvalue weighted by Crippen LogP contribution is -2.28. The average molecular weight is 286 g/mol. The second-order valence-electron chi connectivity index (χ2n) is 6.13. The van der Waals surface area contributed by atoms with E-state index in [1.54, 1.807) is 6.07 Å². The lowest BCUT2D eigenvalue weighted by Gasteiger charge is -2.29. The van der Waals surface area contributed by atoms with Crippen LogP contribution in [0.25, 0.3) is 0 Å². The van der Waals surface area contributed by atoms with E-state index >= 15 is 0 Å². The van der Waals surface area contributed by atoms with Crippen LogP contribution in [-0.4, -0.2) is 16.5 Å². The van der Waals surface area contributed by atoms with Crippen LogP contribution in [0.15, 0.2) is 23.2 Å². The number of rotatable bonds is 3. The summed E-state index contributed by atoms with van der Waals surface area (Å²) in [5.74, 6) is 0.828. The van der Waals surface area contributed by atoms with Crippen molar-refractivity contribution in [1.82, 2.24) is 4.98 Å². The predicted octanol–water partition coefficient (Wildman–Crippen LogP) is 3.78. The van der Waals surface area contributed by atoms with Crippen LogP contribution in [0.5, 0.6) is 0 Å². The molecule has 0 atom stereocenters. The molecular formula is C16H18N2OS. The molecule has 0 unspecified atom stereocenters. The molecular weight excluding hydrogens is 268 g/mol. The van der Waals surface area contributed by atoms with E-state index in [-0.39, 0.29) is 11.2 Å². The Kier molecular flexibility index (Phi) is 4.01. The van der Waals surface area contributed by atoms with Crippen LogP contribution in [0.3, 0.4) is 0 Å². The Morgan fingerprint density at radius 1 is 1.55 bits per heavy atom. The molecule has 0 aromatic carbocycles. The Labute approximate surface area is 124 Å². The molecule has 0 saturated heterocycles. The molecule has 0 saturated carbocycles. The fourth-order valence-corrected chi connectivity index (χ4v) is 3.15. The summed E-state index contributed by atoms with van der Waals surface area (Å²) in [6.45, 7) is 9.97. The maximum atomic E-state index is 12.2. The zero-order valence-corrected chi connectivity index (χ0v) is 12.9. The van der Waals surface area contributed by atoms with Crippen LogP contribution in [0, 0.1) is 16.7 Å². The van der Waals surface area contributed by atoms with Crippen LogP contribution in [0.2, 0.25) is 0 Å². The van der Waals surface area contributed by atoms with E-state index < -0.39 is 0 Å². The molecule has 0 radical (unpaired) electrons. The molecule has 104 valence electrons. The van der Waals surface area contributed by atoms with Gasteiger partial charge in [-0.1, -0.05) is 26.0 Å². The smallest absolute Gasteiger partial charge is 0.165 e. The van der Waals surface area contributed by atoms with Gasteiger partial charge >= 0.3 is 0 Å². The number of thioether (sulfide) groups is 1. The van der Waals surface area contributed by atoms with Gasteiger partial charge < -0.3 is 0 Å². The summed E-state index contributed by atoms with van der Waals surface area (Å²) in [6, 6.07) is 3.85. The Morgan fingerprint density at radius 3 is 2.85 bits per heavy atom. The standard InChI is InChI=1S/C16H18N2OS/c1-10(2)9-20-15-11(8-17)5-12-13(18-15)6-16(3,4)7-14(12)19/h5H,1,6-7,9H2,2-4H3. The first kappa shape index (κ1) is 14.8. The van der Waals surface area contributed by atoms with Crippen molar-refractivity contribution < 1.29 is 4.79 Å². The van der Waals surface area contributed by atoms with Crippen molar-refractivity contribution in [3.05, 3.63) is 35.0 Å². The van der Waals surface area contributed by atoms with Crippen molar-refractivity contribution in [3.8, 4) is 6.07 Å². The number of nitrogens with zero attached hydrogens (tertiary/aromatic N) is 2. The summed E-state index contributed by atoms with van der Waals surface area (Å²) in [7, 11) is 0. The van der Waals surface area contributed by atoms with Gasteiger partial charge in [0.1, 0.15) is 11.1 Å². The largest absolute Gasteiger partial charge is 0.294 e. The van der Waals surface area contributed by atoms with E-state index in [0.717, 1.165) is 23.4 Å². The van der Waals surface area contributed by atoms with Gasteiger partial charge in [-0.15, -0.1) is 11.8 Å². The molecule has 4 heteroatoms. The summed E-state index contributed by atoms with van der Waals surface area (Å²) in [6.07, 6.45) is 1.30. The third kappa shape index (κ3) is 3.10. The van der Waals surface area contributed by atoms with Crippen molar-refractivity contribution >= 4 is 17.5 Å². The lowest BCUT2D eigenvalue weighted by molar-refractivity contribution is 0.0910. The summed E-state index contributed by atoms with van der Waals surface area (Å²) in [5, 5.41) is 9.95. The predicted molar refractivity (Wildman–Crippen MR) is 80.9 cm³/mol. The van der Waals surface area contributed by atoms with Gasteiger partial charge in [-0.25, -0.2) is 4.98 Å². The minimum Gasteiger partial charge on any atom is -0.294 e. The van der Waals surface area contributed by atoms with E-state index in [4.69, 9.17) is 0 Å². The topological polar surface area (TPSA) is 53.8 Å². The van der Waals surface area contributed by atoms with Crippen molar-refractivity contribution in [2.45, 2.75) is 38.6 Å². The molecule has 2 rings (SSSR count). The van der Waals surface area contributed by atoms with Gasteiger partial charge in [0.2, 0.25) is 0 Å². The number of carbonyl (C=O) groups is 1. The number of carbonyl (C=O) groups excluding carboxylic acids is 1. The number of hydrogen-bond acceptors (Lipinski definition) is 4. The first-order chi connectivity index (χ1) is 9.32. The first-order valence-corrected chi connectivity index (χ1v) is 7.55. The molecule has 0 spiro atoms. The highest BCUT2D eigenvalue weighted by atomic mass is 32.2. The van der Waals surface area contributed by atoms with Crippen LogP contribution in [-0.2, 0) is 6.42 Å². The zero-order chi connectivity index (χ0) is 14.9. The molecule has 1 aromatic rings. The van der Waals surface area contributed by atoms with Crippen molar-refractivity contribution in [1.29, 1.82) is 5.26 Å². The molecule has 1 heterocycles. The molecule has 0 amide bonds. The second-order valence-corrected chi connectivity index (χ2v) is 7.10. The van der Waals surface area contributed by atoms with E-state index in [1.807, 2.05) is 6.92 Å². The Hall–Kier alpha value is -1.60. The van der Waals surface area contributed by atoms with Crippen molar-refractivity contribution in [2.75, 3.05) is 5.75 Å². The van der Waals surface area contributed by atoms with Crippen molar-refractivity contribution in [3.63, 3.8) is 0 Å². The third-order valence-corrected chi connectivity index (χ3v) is 4.45. The molecule has 1 aliphatic carbocycles. The van der Waals surface area contributed by atoms with E-state index in [9.17, 15) is 10.1 Å². The maximum Gasteiger partial charge on any atom is 0.165 e. The number of aromatic nitrogens is 1. The lowest BCUT2D eigenvalue weighted by atomic mass is 9.75. The molecule has 0 N–H and O–H groups in total. The number of ketones is 1. The summed E-state index contributed by atoms with van der Waals surface area (Å²) < 4.78 is 0. The van der Waals surface area contributed by atoms with Gasteiger partial charge in [0.25, 0.3) is 0 Å². The van der Waals surface area contributed by atoms with Gasteiger partial charge in [0.15, 0.2) is 5.78 Å². The normalized spacial score (nSPS) is 16.4. The van der Waals surface area contributed by atoms with E-state index in [0.29, 0.717) is 22.6 Å². The van der Waals surface area contributed by atoms with Gasteiger partial charge in [-0.05, 0) is 24.8 Å². The quantitative estimate of drug-likeness (QED) is 0.627. The molecule has 20 heavy (non-hydrogen) atoms. The summed E-state index contributed by atoms with van der Waals surface area (Å²) >= 11 is 1.51. The zero-order valence-electron chi connectivity index (χ0n) is 12.1. The number of pyridine rings is 1. The average Bonchev–Trinajstić information content (AvgIpc) is 2.34. The molecule has 0 aliphatic heterocycles. The first-order valence-electron chi connectivity index (χ1n) is 6.57. The van der Waals surface area contributed by atoms with Crippen LogP contribution < -0.4 is 0 Å². The Bertz CT molecular complexity index is 626. The number of Topliss-reactive ketones (excluding diaryl/α,β-unsaturated/α-hetero) is 1. The molecule has 1 aliphatic rings. The fraction of sp³-hybridized carbons (Fsp3) is 0.438. The number of hydrogen-bond donors (Lipinski definition) is 0. The number of fused-ring (bicyclic) bond motifs is 1. The van der Waals surface area contributed by atoms with Crippen LogP contribution >= 0.6 is 11.8 Å². The van der Waals surface area contributed by atoms with Gasteiger partial charge in [0.05, 0.1) is 11.3 Å².